The summed E-state index contributed by atoms with van der Waals surface area (Å²) in [5.41, 5.74) is 6.45. The molecule has 1 heterocycles. The number of aromatic nitrogens is 2. The molecule has 0 fully saturated rings. The van der Waals surface area contributed by atoms with Crippen LogP contribution in [0.2, 0.25) is 0 Å². The standard InChI is InChI=1S/C13H15FN4/c1-3-12-16-11(15)8-13(17-12)18(2)10-6-4-5-9(14)7-10/h4-8H,3H2,1-2H3,(H2,15,16,17). The second kappa shape index (κ2) is 5.00. The summed E-state index contributed by atoms with van der Waals surface area (Å²) in [7, 11) is 1.82. The van der Waals surface area contributed by atoms with Crippen molar-refractivity contribution in [2.24, 2.45) is 0 Å². The van der Waals surface area contributed by atoms with Gasteiger partial charge in [0.2, 0.25) is 0 Å². The lowest BCUT2D eigenvalue weighted by Gasteiger charge is -2.19. The van der Waals surface area contributed by atoms with Gasteiger partial charge in [0.05, 0.1) is 0 Å². The van der Waals surface area contributed by atoms with E-state index in [0.717, 1.165) is 5.69 Å². The lowest BCUT2D eigenvalue weighted by molar-refractivity contribution is 0.628. The second-order valence-corrected chi connectivity index (χ2v) is 3.96. The third-order valence-electron chi connectivity index (χ3n) is 2.63. The number of nitrogens with zero attached hydrogens (tertiary/aromatic N) is 3. The van der Waals surface area contributed by atoms with Crippen molar-refractivity contribution in [1.29, 1.82) is 0 Å². The Morgan fingerprint density at radius 2 is 2.06 bits per heavy atom. The molecule has 0 spiro atoms. The molecule has 0 aliphatic heterocycles. The number of nitrogens with two attached hydrogens (primary N) is 1. The molecule has 0 bridgehead atoms. The molecule has 1 aromatic heterocycles. The summed E-state index contributed by atoms with van der Waals surface area (Å²) in [6, 6.07) is 8.00. The van der Waals surface area contributed by atoms with Crippen LogP contribution in [-0.2, 0) is 6.42 Å². The largest absolute Gasteiger partial charge is 0.384 e. The molecule has 0 saturated carbocycles. The molecule has 0 saturated heterocycles. The fourth-order valence-electron chi connectivity index (χ4n) is 1.65. The molecule has 0 aliphatic carbocycles. The van der Waals surface area contributed by atoms with Gasteiger partial charge in [-0.15, -0.1) is 0 Å². The van der Waals surface area contributed by atoms with E-state index >= 15 is 0 Å². The van der Waals surface area contributed by atoms with Crippen LogP contribution >= 0.6 is 0 Å². The number of nitrogen functional groups attached to an aromatic ring is 1. The lowest BCUT2D eigenvalue weighted by Crippen LogP contribution is -2.13. The van der Waals surface area contributed by atoms with Gasteiger partial charge in [0, 0.05) is 25.2 Å². The molecule has 0 amide bonds. The monoisotopic (exact) mass is 246 g/mol. The van der Waals surface area contributed by atoms with E-state index in [9.17, 15) is 4.39 Å². The maximum absolute atomic E-state index is 13.2. The van der Waals surface area contributed by atoms with Crippen LogP contribution < -0.4 is 10.6 Å². The zero-order chi connectivity index (χ0) is 13.1. The van der Waals surface area contributed by atoms with E-state index in [1.54, 1.807) is 17.0 Å². The van der Waals surface area contributed by atoms with Gasteiger partial charge < -0.3 is 10.6 Å². The summed E-state index contributed by atoms with van der Waals surface area (Å²) < 4.78 is 13.2. The zero-order valence-electron chi connectivity index (χ0n) is 10.4. The molecule has 2 rings (SSSR count). The number of hydrogen-bond acceptors (Lipinski definition) is 4. The molecule has 2 aromatic rings. The normalized spacial score (nSPS) is 10.4. The molecule has 18 heavy (non-hydrogen) atoms. The van der Waals surface area contributed by atoms with Crippen molar-refractivity contribution < 1.29 is 4.39 Å². The van der Waals surface area contributed by atoms with Crippen LogP contribution in [0.15, 0.2) is 30.3 Å². The highest BCUT2D eigenvalue weighted by Crippen LogP contribution is 2.23. The Morgan fingerprint density at radius 3 is 2.72 bits per heavy atom. The third-order valence-corrected chi connectivity index (χ3v) is 2.63. The number of halogens is 1. The number of rotatable bonds is 3. The predicted molar refractivity (Wildman–Crippen MR) is 70.3 cm³/mol. The van der Waals surface area contributed by atoms with Gasteiger partial charge in [0.1, 0.15) is 23.3 Å². The fourth-order valence-corrected chi connectivity index (χ4v) is 1.65. The highest BCUT2D eigenvalue weighted by atomic mass is 19.1. The predicted octanol–water partition coefficient (Wildman–Crippen LogP) is 2.53. The van der Waals surface area contributed by atoms with E-state index in [-0.39, 0.29) is 5.82 Å². The summed E-state index contributed by atoms with van der Waals surface area (Å²) in [6.45, 7) is 1.96. The van der Waals surface area contributed by atoms with E-state index in [4.69, 9.17) is 5.73 Å². The van der Waals surface area contributed by atoms with Crippen LogP contribution in [0.1, 0.15) is 12.7 Å². The minimum atomic E-state index is -0.280. The Morgan fingerprint density at radius 1 is 1.28 bits per heavy atom. The first-order valence-corrected chi connectivity index (χ1v) is 5.73. The zero-order valence-corrected chi connectivity index (χ0v) is 10.4. The first-order chi connectivity index (χ1) is 8.60. The highest BCUT2D eigenvalue weighted by molar-refractivity contribution is 5.61. The molecule has 0 radical (unpaired) electrons. The summed E-state index contributed by atoms with van der Waals surface area (Å²) >= 11 is 0. The first-order valence-electron chi connectivity index (χ1n) is 5.73. The highest BCUT2D eigenvalue weighted by Gasteiger charge is 2.08. The average molecular weight is 246 g/mol. The van der Waals surface area contributed by atoms with Gasteiger partial charge in [0.15, 0.2) is 0 Å². The van der Waals surface area contributed by atoms with E-state index < -0.39 is 0 Å². The van der Waals surface area contributed by atoms with E-state index in [1.807, 2.05) is 20.0 Å². The molecule has 1 aromatic carbocycles. The maximum atomic E-state index is 13.2. The molecule has 5 heteroatoms. The van der Waals surface area contributed by atoms with Crippen LogP contribution in [0, 0.1) is 5.82 Å². The molecule has 4 nitrogen and oxygen atoms in total. The number of anilines is 3. The smallest absolute Gasteiger partial charge is 0.138 e. The molecule has 0 atom stereocenters. The molecule has 94 valence electrons. The van der Waals surface area contributed by atoms with Crippen molar-refractivity contribution in [3.05, 3.63) is 42.0 Å². The van der Waals surface area contributed by atoms with Gasteiger partial charge in [-0.2, -0.15) is 0 Å². The Balaban J connectivity index is 2.39. The minimum Gasteiger partial charge on any atom is -0.384 e. The first kappa shape index (κ1) is 12.3. The Labute approximate surface area is 105 Å². The molecule has 2 N–H and O–H groups in total. The topological polar surface area (TPSA) is 55.0 Å². The number of benzene rings is 1. The van der Waals surface area contributed by atoms with Crippen molar-refractivity contribution in [3.63, 3.8) is 0 Å². The van der Waals surface area contributed by atoms with Crippen LogP contribution in [0.5, 0.6) is 0 Å². The van der Waals surface area contributed by atoms with Crippen LogP contribution in [0.4, 0.5) is 21.7 Å². The van der Waals surface area contributed by atoms with Crippen LogP contribution in [0.25, 0.3) is 0 Å². The molecule has 0 aliphatic rings. The van der Waals surface area contributed by atoms with Gasteiger partial charge in [-0.25, -0.2) is 14.4 Å². The molecular weight excluding hydrogens is 231 g/mol. The van der Waals surface area contributed by atoms with Crippen molar-refractivity contribution in [2.75, 3.05) is 17.7 Å². The molecular formula is C13H15FN4. The Kier molecular flexibility index (Phi) is 3.41. The van der Waals surface area contributed by atoms with Crippen molar-refractivity contribution >= 4 is 17.3 Å². The van der Waals surface area contributed by atoms with Gasteiger partial charge in [-0.1, -0.05) is 13.0 Å². The van der Waals surface area contributed by atoms with Crippen molar-refractivity contribution in [2.45, 2.75) is 13.3 Å². The number of aryl methyl sites for hydroxylation is 1. The SMILES string of the molecule is CCc1nc(N)cc(N(C)c2cccc(F)c2)n1. The Hall–Kier alpha value is -2.17. The number of hydrogen-bond donors (Lipinski definition) is 1. The summed E-state index contributed by atoms with van der Waals surface area (Å²) in [6.07, 6.45) is 0.703. The Bertz CT molecular complexity index is 556. The lowest BCUT2D eigenvalue weighted by atomic mass is 10.3. The third kappa shape index (κ3) is 2.56. The summed E-state index contributed by atoms with van der Waals surface area (Å²) in [5.74, 6) is 1.47. The summed E-state index contributed by atoms with van der Waals surface area (Å²) in [5, 5.41) is 0. The van der Waals surface area contributed by atoms with E-state index in [1.165, 1.54) is 12.1 Å². The minimum absolute atomic E-state index is 0.280. The van der Waals surface area contributed by atoms with E-state index in [0.29, 0.717) is 23.9 Å². The maximum Gasteiger partial charge on any atom is 0.138 e. The van der Waals surface area contributed by atoms with E-state index in [2.05, 4.69) is 9.97 Å². The van der Waals surface area contributed by atoms with Gasteiger partial charge in [-0.3, -0.25) is 0 Å². The molecule has 0 unspecified atom stereocenters. The average Bonchev–Trinajstić information content (AvgIpc) is 2.37. The van der Waals surface area contributed by atoms with Crippen molar-refractivity contribution in [1.82, 2.24) is 9.97 Å². The quantitative estimate of drug-likeness (QED) is 0.904. The van der Waals surface area contributed by atoms with Gasteiger partial charge >= 0.3 is 0 Å². The summed E-state index contributed by atoms with van der Waals surface area (Å²) in [4.78, 5) is 10.3. The van der Waals surface area contributed by atoms with Crippen LogP contribution in [0.3, 0.4) is 0 Å². The van der Waals surface area contributed by atoms with Gasteiger partial charge in [0.25, 0.3) is 0 Å². The van der Waals surface area contributed by atoms with Gasteiger partial charge in [-0.05, 0) is 18.2 Å². The van der Waals surface area contributed by atoms with Crippen LogP contribution in [-0.4, -0.2) is 17.0 Å². The van der Waals surface area contributed by atoms with Crippen molar-refractivity contribution in [3.8, 4) is 0 Å². The second-order valence-electron chi connectivity index (χ2n) is 3.96. The fraction of sp³-hybridized carbons (Fsp3) is 0.231.